The number of fused-ring (bicyclic) bond motifs is 3. The molecule has 0 radical (unpaired) electrons. The van der Waals surface area contributed by atoms with Crippen LogP contribution in [0.4, 0.5) is 5.82 Å². The first-order valence-electron chi connectivity index (χ1n) is 9.36. The third-order valence-electron chi connectivity index (χ3n) is 5.35. The number of rotatable bonds is 3. The molecule has 0 aliphatic heterocycles. The van der Waals surface area contributed by atoms with Crippen LogP contribution in [0.25, 0.3) is 27.5 Å². The number of hydrogen-bond donors (Lipinski definition) is 2. The van der Waals surface area contributed by atoms with Gasteiger partial charge in [0.15, 0.2) is 0 Å². The molecule has 2 heterocycles. The lowest BCUT2D eigenvalue weighted by Crippen LogP contribution is -2.19. The Morgan fingerprint density at radius 3 is 2.79 bits per heavy atom. The molecule has 5 rings (SSSR count). The minimum atomic E-state index is -0.122. The van der Waals surface area contributed by atoms with Gasteiger partial charge >= 0.3 is 0 Å². The highest BCUT2D eigenvalue weighted by molar-refractivity contribution is 9.10. The number of pyridine rings is 1. The van der Waals surface area contributed by atoms with E-state index in [0.29, 0.717) is 22.3 Å². The monoisotopic (exact) mass is 456 g/mol. The Balaban J connectivity index is 1.80. The fourth-order valence-corrected chi connectivity index (χ4v) is 4.56. The highest BCUT2D eigenvalue weighted by atomic mass is 79.9. The predicted octanol–water partition coefficient (Wildman–Crippen LogP) is 5.64. The third kappa shape index (κ3) is 3.01. The highest BCUT2D eigenvalue weighted by Gasteiger charge is 2.21. The number of anilines is 1. The lowest BCUT2D eigenvalue weighted by molar-refractivity contribution is 0.752. The van der Waals surface area contributed by atoms with Gasteiger partial charge in [0.2, 0.25) is 0 Å². The zero-order valence-electron chi connectivity index (χ0n) is 15.0. The van der Waals surface area contributed by atoms with Crippen LogP contribution in [-0.4, -0.2) is 20.8 Å². The predicted molar refractivity (Wildman–Crippen MR) is 118 cm³/mol. The number of aromatic amines is 1. The normalized spacial score (nSPS) is 14.9. The van der Waals surface area contributed by atoms with Gasteiger partial charge in [-0.2, -0.15) is 0 Å². The summed E-state index contributed by atoms with van der Waals surface area (Å²) in [7, 11) is 0. The molecule has 2 aromatic heterocycles. The molecule has 0 atom stereocenters. The van der Waals surface area contributed by atoms with Gasteiger partial charge in [-0.1, -0.05) is 46.4 Å². The lowest BCUT2D eigenvalue weighted by atomic mass is 10.1. The molecule has 4 aromatic rings. The second-order valence-corrected chi connectivity index (χ2v) is 8.58. The summed E-state index contributed by atoms with van der Waals surface area (Å²) in [5.74, 6) is 0.645. The van der Waals surface area contributed by atoms with Gasteiger partial charge in [-0.05, 0) is 49.2 Å². The Hall–Kier alpha value is -2.31. The van der Waals surface area contributed by atoms with Crippen molar-refractivity contribution < 1.29 is 0 Å². The van der Waals surface area contributed by atoms with Gasteiger partial charge in [0.1, 0.15) is 11.2 Å². The molecule has 1 aliphatic rings. The summed E-state index contributed by atoms with van der Waals surface area (Å²) in [6, 6.07) is 13.6. The maximum atomic E-state index is 13.4. The summed E-state index contributed by atoms with van der Waals surface area (Å²) in [5.41, 5.74) is 2.19. The molecule has 1 fully saturated rings. The number of halogens is 2. The first kappa shape index (κ1) is 17.8. The first-order chi connectivity index (χ1) is 13.6. The highest BCUT2D eigenvalue weighted by Crippen LogP contribution is 2.31. The summed E-state index contributed by atoms with van der Waals surface area (Å²) in [6.45, 7) is 0. The number of benzene rings is 2. The van der Waals surface area contributed by atoms with Crippen molar-refractivity contribution in [1.82, 2.24) is 14.8 Å². The average Bonchev–Trinajstić information content (AvgIpc) is 3.30. The van der Waals surface area contributed by atoms with E-state index < -0.39 is 0 Å². The number of hydrogen-bond acceptors (Lipinski definition) is 3. The molecule has 0 bridgehead atoms. The van der Waals surface area contributed by atoms with E-state index in [9.17, 15) is 4.79 Å². The Labute approximate surface area is 174 Å². The summed E-state index contributed by atoms with van der Waals surface area (Å²) in [5, 5.41) is 8.83. The van der Waals surface area contributed by atoms with Crippen molar-refractivity contribution in [3.05, 3.63) is 62.3 Å². The summed E-state index contributed by atoms with van der Waals surface area (Å²) in [4.78, 5) is 18.1. The zero-order valence-corrected chi connectivity index (χ0v) is 17.3. The third-order valence-corrected chi connectivity index (χ3v) is 6.08. The quantitative estimate of drug-likeness (QED) is 0.419. The standard InChI is InChI=1S/C21H18BrClN4O/c22-12-4-3-7-15(10-12)27-21(28)18-19(26-27)16-11-13(23)8-9-17(16)25-20(18)24-14-5-1-2-6-14/h3-4,7-11,14,26H,1-2,5-6H2,(H,24,25). The van der Waals surface area contributed by atoms with Crippen molar-refractivity contribution in [2.24, 2.45) is 0 Å². The second-order valence-electron chi connectivity index (χ2n) is 7.23. The molecule has 0 amide bonds. The van der Waals surface area contributed by atoms with E-state index in [-0.39, 0.29) is 5.56 Å². The van der Waals surface area contributed by atoms with Crippen LogP contribution in [0, 0.1) is 0 Å². The molecule has 5 nitrogen and oxygen atoms in total. The SMILES string of the molecule is O=c1c2c(NC3CCCC3)nc3ccc(Cl)cc3c2[nH]n1-c1cccc(Br)c1. The molecular weight excluding hydrogens is 440 g/mol. The molecule has 7 heteroatoms. The van der Waals surface area contributed by atoms with E-state index in [1.165, 1.54) is 12.8 Å². The minimum absolute atomic E-state index is 0.122. The molecule has 0 saturated heterocycles. The number of H-pyrrole nitrogens is 1. The molecular formula is C21H18BrClN4O. The summed E-state index contributed by atoms with van der Waals surface area (Å²) < 4.78 is 2.47. The molecule has 2 aromatic carbocycles. The maximum absolute atomic E-state index is 13.4. The van der Waals surface area contributed by atoms with Crippen LogP contribution in [0.5, 0.6) is 0 Å². The largest absolute Gasteiger partial charge is 0.367 e. The molecule has 0 spiro atoms. The van der Waals surface area contributed by atoms with Crippen molar-refractivity contribution in [2.45, 2.75) is 31.7 Å². The fraction of sp³-hybridized carbons (Fsp3) is 0.238. The van der Waals surface area contributed by atoms with E-state index in [0.717, 1.165) is 39.4 Å². The van der Waals surface area contributed by atoms with Crippen molar-refractivity contribution in [2.75, 3.05) is 5.32 Å². The Morgan fingerprint density at radius 2 is 2.00 bits per heavy atom. The van der Waals surface area contributed by atoms with Crippen molar-refractivity contribution in [1.29, 1.82) is 0 Å². The lowest BCUT2D eigenvalue weighted by Gasteiger charge is -2.14. The Morgan fingerprint density at radius 1 is 1.18 bits per heavy atom. The van der Waals surface area contributed by atoms with Crippen LogP contribution < -0.4 is 10.9 Å². The zero-order chi connectivity index (χ0) is 19.3. The smallest absolute Gasteiger partial charge is 0.282 e. The molecule has 1 aliphatic carbocycles. The van der Waals surface area contributed by atoms with Crippen LogP contribution in [0.1, 0.15) is 25.7 Å². The molecule has 28 heavy (non-hydrogen) atoms. The van der Waals surface area contributed by atoms with Gasteiger partial charge in [0.25, 0.3) is 5.56 Å². The molecule has 2 N–H and O–H groups in total. The van der Waals surface area contributed by atoms with Crippen LogP contribution in [0.2, 0.25) is 5.02 Å². The summed E-state index contributed by atoms with van der Waals surface area (Å²) >= 11 is 9.71. The van der Waals surface area contributed by atoms with Crippen molar-refractivity contribution >= 4 is 55.2 Å². The minimum Gasteiger partial charge on any atom is -0.367 e. The first-order valence-corrected chi connectivity index (χ1v) is 10.5. The van der Waals surface area contributed by atoms with E-state index in [1.807, 2.05) is 42.5 Å². The van der Waals surface area contributed by atoms with Gasteiger partial charge in [-0.15, -0.1) is 0 Å². The van der Waals surface area contributed by atoms with Crippen LogP contribution in [0.3, 0.4) is 0 Å². The van der Waals surface area contributed by atoms with Gasteiger partial charge in [-0.25, -0.2) is 9.67 Å². The average molecular weight is 458 g/mol. The van der Waals surface area contributed by atoms with Gasteiger partial charge in [0.05, 0.1) is 16.7 Å². The van der Waals surface area contributed by atoms with Crippen LogP contribution >= 0.6 is 27.5 Å². The summed E-state index contributed by atoms with van der Waals surface area (Å²) in [6.07, 6.45) is 4.62. The number of aromatic nitrogens is 3. The van der Waals surface area contributed by atoms with E-state index >= 15 is 0 Å². The van der Waals surface area contributed by atoms with E-state index in [1.54, 1.807) is 4.68 Å². The second kappa shape index (κ2) is 6.94. The van der Waals surface area contributed by atoms with Crippen LogP contribution in [0.15, 0.2) is 51.7 Å². The Bertz CT molecular complexity index is 1260. The molecule has 142 valence electrons. The van der Waals surface area contributed by atoms with Gasteiger partial charge in [-0.3, -0.25) is 9.89 Å². The van der Waals surface area contributed by atoms with Gasteiger partial charge in [0, 0.05) is 20.9 Å². The Kier molecular flexibility index (Phi) is 4.40. The maximum Gasteiger partial charge on any atom is 0.282 e. The van der Waals surface area contributed by atoms with E-state index in [2.05, 4.69) is 26.3 Å². The number of nitrogens with zero attached hydrogens (tertiary/aromatic N) is 2. The molecule has 0 unspecified atom stereocenters. The van der Waals surface area contributed by atoms with Crippen molar-refractivity contribution in [3.8, 4) is 5.69 Å². The van der Waals surface area contributed by atoms with Gasteiger partial charge < -0.3 is 5.32 Å². The number of nitrogens with one attached hydrogen (secondary N) is 2. The fourth-order valence-electron chi connectivity index (χ4n) is 4.00. The topological polar surface area (TPSA) is 62.7 Å². The van der Waals surface area contributed by atoms with Crippen molar-refractivity contribution in [3.63, 3.8) is 0 Å². The van der Waals surface area contributed by atoms with Crippen LogP contribution in [-0.2, 0) is 0 Å². The van der Waals surface area contributed by atoms with E-state index in [4.69, 9.17) is 16.6 Å². The molecule has 1 saturated carbocycles.